The van der Waals surface area contributed by atoms with Gasteiger partial charge in [-0.15, -0.1) is 0 Å². The number of nitrogens with zero attached hydrogens (tertiary/aromatic N) is 4. The monoisotopic (exact) mass is 633 g/mol. The molecule has 0 atom stereocenters. The van der Waals surface area contributed by atoms with Crippen LogP contribution in [0.15, 0.2) is 30.3 Å². The number of carbonyl (C=O) groups excluding carboxylic acids is 2. The number of piperidine rings is 3. The van der Waals surface area contributed by atoms with Gasteiger partial charge in [0.2, 0.25) is 10.0 Å². The molecule has 0 radical (unpaired) electrons. The summed E-state index contributed by atoms with van der Waals surface area (Å²) in [5.41, 5.74) is 0.467. The van der Waals surface area contributed by atoms with Gasteiger partial charge < -0.3 is 24.6 Å². The smallest absolute Gasteiger partial charge is 0.410 e. The molecule has 4 aliphatic rings. The van der Waals surface area contributed by atoms with Crippen LogP contribution in [0.1, 0.15) is 64.9 Å². The van der Waals surface area contributed by atoms with Gasteiger partial charge in [-0.05, 0) is 97.0 Å². The molecule has 0 unspecified atom stereocenters. The molecule has 0 spiro atoms. The van der Waals surface area contributed by atoms with Gasteiger partial charge in [0.25, 0.3) is 0 Å². The number of alkyl carbamates (subject to hydrolysis) is 1. The van der Waals surface area contributed by atoms with E-state index in [2.05, 4.69) is 15.1 Å². The SMILES string of the molecule is CC(C)(C)OC(=O)N1CC(N2CCC(CN3CCC(S(=O)(=O)N4CCC(NC(=O)OCc5ccccc5)CC4)CC3)CC2)C1. The largest absolute Gasteiger partial charge is 0.445 e. The van der Waals surface area contributed by atoms with Crippen molar-refractivity contribution in [3.05, 3.63) is 35.9 Å². The van der Waals surface area contributed by atoms with Crippen molar-refractivity contribution >= 4 is 22.2 Å². The average molecular weight is 634 g/mol. The number of likely N-dealkylation sites (tertiary alicyclic amines) is 3. The van der Waals surface area contributed by atoms with Gasteiger partial charge in [-0.3, -0.25) is 4.90 Å². The lowest BCUT2D eigenvalue weighted by atomic mass is 9.93. The van der Waals surface area contributed by atoms with Crippen LogP contribution in [0.2, 0.25) is 0 Å². The van der Waals surface area contributed by atoms with Crippen LogP contribution in [0.25, 0.3) is 0 Å². The van der Waals surface area contributed by atoms with E-state index >= 15 is 0 Å². The van der Waals surface area contributed by atoms with Gasteiger partial charge in [0.05, 0.1) is 5.25 Å². The summed E-state index contributed by atoms with van der Waals surface area (Å²) >= 11 is 0. The molecule has 246 valence electrons. The van der Waals surface area contributed by atoms with Gasteiger partial charge >= 0.3 is 12.2 Å². The summed E-state index contributed by atoms with van der Waals surface area (Å²) in [6.45, 7) is 13.0. The fourth-order valence-electron chi connectivity index (χ4n) is 6.81. The predicted octanol–water partition coefficient (Wildman–Crippen LogP) is 3.50. The Bertz CT molecular complexity index is 1200. The molecule has 0 saturated carbocycles. The van der Waals surface area contributed by atoms with Crippen molar-refractivity contribution in [2.75, 3.05) is 58.9 Å². The van der Waals surface area contributed by atoms with Crippen LogP contribution < -0.4 is 5.32 Å². The second kappa shape index (κ2) is 14.3. The van der Waals surface area contributed by atoms with Crippen molar-refractivity contribution in [1.29, 1.82) is 0 Å². The molecule has 4 fully saturated rings. The summed E-state index contributed by atoms with van der Waals surface area (Å²) in [5, 5.41) is 2.57. The Morgan fingerprint density at radius 3 is 2.14 bits per heavy atom. The highest BCUT2D eigenvalue weighted by Gasteiger charge is 2.40. The molecule has 0 aromatic heterocycles. The highest BCUT2D eigenvalue weighted by molar-refractivity contribution is 7.89. The zero-order valence-electron chi connectivity index (χ0n) is 26.7. The number of ether oxygens (including phenoxy) is 2. The molecule has 1 aromatic carbocycles. The molecule has 4 saturated heterocycles. The molecular formula is C32H51N5O6S. The Hall–Kier alpha value is -2.41. The van der Waals surface area contributed by atoms with Crippen LogP contribution in [-0.4, -0.2) is 121 Å². The van der Waals surface area contributed by atoms with E-state index in [1.165, 1.54) is 0 Å². The highest BCUT2D eigenvalue weighted by Crippen LogP contribution is 2.28. The van der Waals surface area contributed by atoms with Crippen LogP contribution >= 0.6 is 0 Å². The molecule has 4 aliphatic heterocycles. The molecule has 44 heavy (non-hydrogen) atoms. The first-order valence-corrected chi connectivity index (χ1v) is 17.9. The van der Waals surface area contributed by atoms with Crippen molar-refractivity contribution in [3.8, 4) is 0 Å². The van der Waals surface area contributed by atoms with Gasteiger partial charge in [-0.1, -0.05) is 30.3 Å². The van der Waals surface area contributed by atoms with Crippen molar-refractivity contribution in [2.24, 2.45) is 5.92 Å². The summed E-state index contributed by atoms with van der Waals surface area (Å²) in [4.78, 5) is 31.2. The summed E-state index contributed by atoms with van der Waals surface area (Å²) in [6.07, 6.45) is 4.15. The van der Waals surface area contributed by atoms with Gasteiger partial charge in [-0.25, -0.2) is 22.3 Å². The van der Waals surface area contributed by atoms with Crippen LogP contribution in [-0.2, 0) is 26.1 Å². The minimum Gasteiger partial charge on any atom is -0.445 e. The second-order valence-electron chi connectivity index (χ2n) is 13.9. The molecular weight excluding hydrogens is 582 g/mol. The molecule has 4 heterocycles. The maximum Gasteiger partial charge on any atom is 0.410 e. The Labute approximate surface area is 263 Å². The number of hydrogen-bond acceptors (Lipinski definition) is 8. The molecule has 5 rings (SSSR count). The standard InChI is InChI=1S/C32H51N5O6S/c1-32(2,3)43-31(39)36-22-28(23-36)35-17-9-25(10-18-35)21-34-15-13-29(14-16-34)44(40,41)37-19-11-27(12-20-37)33-30(38)42-24-26-7-5-4-6-8-26/h4-8,25,27-29H,9-24H2,1-3H3,(H,33,38). The van der Waals surface area contributed by atoms with E-state index in [1.54, 1.807) is 9.21 Å². The Morgan fingerprint density at radius 1 is 0.886 bits per heavy atom. The maximum absolute atomic E-state index is 13.5. The quantitative estimate of drug-likeness (QED) is 0.463. The Morgan fingerprint density at radius 2 is 1.52 bits per heavy atom. The third-order valence-corrected chi connectivity index (χ3v) is 11.9. The first-order valence-electron chi connectivity index (χ1n) is 16.4. The molecule has 1 aromatic rings. The van der Waals surface area contributed by atoms with E-state index in [4.69, 9.17) is 9.47 Å². The molecule has 1 N–H and O–H groups in total. The summed E-state index contributed by atoms with van der Waals surface area (Å²) in [7, 11) is -3.35. The van der Waals surface area contributed by atoms with E-state index in [-0.39, 0.29) is 24.0 Å². The molecule has 0 aliphatic carbocycles. The number of hydrogen-bond donors (Lipinski definition) is 1. The fourth-order valence-corrected chi connectivity index (χ4v) is 8.76. The van der Waals surface area contributed by atoms with Crippen molar-refractivity contribution in [3.63, 3.8) is 0 Å². The lowest BCUT2D eigenvalue weighted by Crippen LogP contribution is -2.62. The zero-order chi connectivity index (χ0) is 31.3. The fraction of sp³-hybridized carbons (Fsp3) is 0.750. The number of rotatable bonds is 8. The van der Waals surface area contributed by atoms with E-state index in [0.717, 1.165) is 64.2 Å². The maximum atomic E-state index is 13.5. The van der Waals surface area contributed by atoms with E-state index in [0.29, 0.717) is 50.7 Å². The van der Waals surface area contributed by atoms with Crippen molar-refractivity contribution in [1.82, 2.24) is 24.3 Å². The lowest BCUT2D eigenvalue weighted by molar-refractivity contribution is -0.0228. The van der Waals surface area contributed by atoms with Gasteiger partial charge in [-0.2, -0.15) is 0 Å². The van der Waals surface area contributed by atoms with Gasteiger partial charge in [0.15, 0.2) is 0 Å². The third kappa shape index (κ3) is 8.86. The molecule has 0 bridgehead atoms. The summed E-state index contributed by atoms with van der Waals surface area (Å²) in [6, 6.07) is 9.89. The minimum atomic E-state index is -3.35. The zero-order valence-corrected chi connectivity index (χ0v) is 27.5. The minimum absolute atomic E-state index is 0.0776. The second-order valence-corrected chi connectivity index (χ2v) is 16.2. The molecule has 2 amide bonds. The average Bonchev–Trinajstić information content (AvgIpc) is 2.96. The predicted molar refractivity (Wildman–Crippen MR) is 169 cm³/mol. The first kappa shape index (κ1) is 33.0. The first-order chi connectivity index (χ1) is 21.0. The molecule has 12 heteroatoms. The number of carbonyl (C=O) groups is 2. The molecule has 11 nitrogen and oxygen atoms in total. The topological polar surface area (TPSA) is 112 Å². The summed E-state index contributed by atoms with van der Waals surface area (Å²) < 4.78 is 39.3. The van der Waals surface area contributed by atoms with E-state index in [1.807, 2.05) is 51.1 Å². The van der Waals surface area contributed by atoms with Gasteiger partial charge in [0, 0.05) is 44.8 Å². The van der Waals surface area contributed by atoms with Crippen LogP contribution in [0.3, 0.4) is 0 Å². The normalized spacial score (nSPS) is 22.8. The lowest BCUT2D eigenvalue weighted by Gasteiger charge is -2.48. The Kier molecular flexibility index (Phi) is 10.7. The third-order valence-electron chi connectivity index (χ3n) is 9.50. The van der Waals surface area contributed by atoms with E-state index < -0.39 is 21.7 Å². The van der Waals surface area contributed by atoms with Crippen LogP contribution in [0.4, 0.5) is 9.59 Å². The Balaban J connectivity index is 0.957. The van der Waals surface area contributed by atoms with Crippen LogP contribution in [0, 0.1) is 5.92 Å². The number of amides is 2. The number of nitrogens with one attached hydrogen (secondary N) is 1. The van der Waals surface area contributed by atoms with Crippen molar-refractivity contribution < 1.29 is 27.5 Å². The van der Waals surface area contributed by atoms with Crippen molar-refractivity contribution in [2.45, 2.75) is 88.8 Å². The number of benzene rings is 1. The summed E-state index contributed by atoms with van der Waals surface area (Å²) in [5.74, 6) is 0.632. The van der Waals surface area contributed by atoms with Crippen LogP contribution in [0.5, 0.6) is 0 Å². The highest BCUT2D eigenvalue weighted by atomic mass is 32.2. The van der Waals surface area contributed by atoms with E-state index in [9.17, 15) is 18.0 Å². The van der Waals surface area contributed by atoms with Gasteiger partial charge in [0.1, 0.15) is 12.2 Å². The number of sulfonamides is 1.